The van der Waals surface area contributed by atoms with Crippen LogP contribution in [0.3, 0.4) is 0 Å². The highest BCUT2D eigenvalue weighted by molar-refractivity contribution is 7.09. The van der Waals surface area contributed by atoms with E-state index in [9.17, 15) is 4.79 Å². The van der Waals surface area contributed by atoms with Gasteiger partial charge in [0.1, 0.15) is 0 Å². The molecule has 0 N–H and O–H groups in total. The number of hydrogen-bond donors (Lipinski definition) is 0. The molecule has 2 fully saturated rings. The average molecular weight is 321 g/mol. The van der Waals surface area contributed by atoms with Crippen molar-refractivity contribution in [3.63, 3.8) is 0 Å². The third-order valence-electron chi connectivity index (χ3n) is 4.41. The van der Waals surface area contributed by atoms with Gasteiger partial charge in [-0.1, -0.05) is 20.8 Å². The zero-order valence-corrected chi connectivity index (χ0v) is 14.8. The van der Waals surface area contributed by atoms with Gasteiger partial charge in [-0.05, 0) is 19.3 Å². The molecule has 1 aliphatic heterocycles. The van der Waals surface area contributed by atoms with Crippen LogP contribution in [0.15, 0.2) is 5.38 Å². The third-order valence-corrected chi connectivity index (χ3v) is 5.72. The molecule has 2 heterocycles. The zero-order chi connectivity index (χ0) is 15.7. The lowest BCUT2D eigenvalue weighted by molar-refractivity contribution is -0.132. The first-order valence-corrected chi connectivity index (χ1v) is 9.27. The first kappa shape index (κ1) is 15.9. The normalized spacial score (nSPS) is 21.0. The molecular formula is C17H27N3OS. The number of thiazole rings is 1. The summed E-state index contributed by atoms with van der Waals surface area (Å²) in [6.07, 6.45) is 3.29. The minimum atomic E-state index is 0.134. The van der Waals surface area contributed by atoms with E-state index in [-0.39, 0.29) is 5.41 Å². The van der Waals surface area contributed by atoms with Crippen LogP contribution in [0.1, 0.15) is 50.7 Å². The summed E-state index contributed by atoms with van der Waals surface area (Å²) in [6, 6.07) is 0. The highest BCUT2D eigenvalue weighted by Crippen LogP contribution is 2.31. The Balaban J connectivity index is 1.55. The van der Waals surface area contributed by atoms with E-state index < -0.39 is 0 Å². The fourth-order valence-corrected chi connectivity index (χ4v) is 3.79. The van der Waals surface area contributed by atoms with Crippen molar-refractivity contribution in [1.29, 1.82) is 0 Å². The third kappa shape index (κ3) is 3.87. The van der Waals surface area contributed by atoms with Gasteiger partial charge in [-0.2, -0.15) is 0 Å². The summed E-state index contributed by atoms with van der Waals surface area (Å²) in [7, 11) is 0. The van der Waals surface area contributed by atoms with Gasteiger partial charge in [-0.15, -0.1) is 11.3 Å². The molecule has 1 aliphatic carbocycles. The van der Waals surface area contributed by atoms with Crippen molar-refractivity contribution in [2.75, 3.05) is 26.2 Å². The molecular weight excluding hydrogens is 294 g/mol. The Hall–Kier alpha value is -0.940. The highest BCUT2D eigenvalue weighted by atomic mass is 32.1. The Morgan fingerprint density at radius 1 is 1.27 bits per heavy atom. The molecule has 1 aromatic heterocycles. The van der Waals surface area contributed by atoms with E-state index in [1.165, 1.54) is 10.7 Å². The van der Waals surface area contributed by atoms with Gasteiger partial charge in [0.2, 0.25) is 5.91 Å². The van der Waals surface area contributed by atoms with E-state index >= 15 is 0 Å². The van der Waals surface area contributed by atoms with E-state index in [4.69, 9.17) is 4.98 Å². The summed E-state index contributed by atoms with van der Waals surface area (Å²) in [4.78, 5) is 21.5. The SMILES string of the molecule is CC(C)(C)c1nc(CN2CCCN(C(=O)C3CC3)CC2)cs1. The van der Waals surface area contributed by atoms with Crippen LogP contribution in [0.4, 0.5) is 0 Å². The second-order valence-corrected chi connectivity index (χ2v) is 8.48. The number of aromatic nitrogens is 1. The Morgan fingerprint density at radius 2 is 2.05 bits per heavy atom. The molecule has 0 unspecified atom stereocenters. The molecule has 1 saturated carbocycles. The predicted octanol–water partition coefficient (Wildman–Crippen LogP) is 2.88. The van der Waals surface area contributed by atoms with Gasteiger partial charge in [0.05, 0.1) is 10.7 Å². The summed E-state index contributed by atoms with van der Waals surface area (Å²) in [5.41, 5.74) is 1.31. The molecule has 1 aromatic rings. The molecule has 4 nitrogen and oxygen atoms in total. The molecule has 0 aromatic carbocycles. The average Bonchev–Trinajstić information content (AvgIpc) is 3.22. The van der Waals surface area contributed by atoms with Crippen molar-refractivity contribution in [2.45, 2.75) is 52.0 Å². The van der Waals surface area contributed by atoms with E-state index in [2.05, 4.69) is 36.0 Å². The number of rotatable bonds is 3. The van der Waals surface area contributed by atoms with Crippen molar-refractivity contribution in [3.05, 3.63) is 16.1 Å². The van der Waals surface area contributed by atoms with Crippen LogP contribution in [0.25, 0.3) is 0 Å². The lowest BCUT2D eigenvalue weighted by Crippen LogP contribution is -2.36. The molecule has 0 radical (unpaired) electrons. The molecule has 2 aliphatic rings. The fraction of sp³-hybridized carbons (Fsp3) is 0.765. The predicted molar refractivity (Wildman–Crippen MR) is 90.0 cm³/mol. The van der Waals surface area contributed by atoms with Crippen molar-refractivity contribution < 1.29 is 4.79 Å². The molecule has 0 spiro atoms. The zero-order valence-electron chi connectivity index (χ0n) is 14.0. The summed E-state index contributed by atoms with van der Waals surface area (Å²) >= 11 is 1.77. The number of carbonyl (C=O) groups excluding carboxylic acids is 1. The van der Waals surface area contributed by atoms with Crippen molar-refractivity contribution in [2.24, 2.45) is 5.92 Å². The van der Waals surface area contributed by atoms with Crippen LogP contribution in [0.2, 0.25) is 0 Å². The molecule has 1 amide bonds. The standard InChI is InChI=1S/C17H27N3OS/c1-17(2,3)16-18-14(12-22-16)11-19-7-4-8-20(10-9-19)15(21)13-5-6-13/h12-13H,4-11H2,1-3H3. The second kappa shape index (κ2) is 6.28. The van der Waals surface area contributed by atoms with Crippen LogP contribution in [0.5, 0.6) is 0 Å². The van der Waals surface area contributed by atoms with Crippen LogP contribution in [0, 0.1) is 5.92 Å². The van der Waals surface area contributed by atoms with Crippen molar-refractivity contribution in [3.8, 4) is 0 Å². The summed E-state index contributed by atoms with van der Waals surface area (Å²) in [5, 5.41) is 3.40. The van der Waals surface area contributed by atoms with Gasteiger partial charge in [-0.3, -0.25) is 9.69 Å². The fourth-order valence-electron chi connectivity index (χ4n) is 2.89. The van der Waals surface area contributed by atoms with E-state index in [0.29, 0.717) is 11.8 Å². The largest absolute Gasteiger partial charge is 0.341 e. The minimum absolute atomic E-state index is 0.134. The quantitative estimate of drug-likeness (QED) is 0.859. The lowest BCUT2D eigenvalue weighted by atomic mass is 9.98. The maximum absolute atomic E-state index is 12.2. The molecule has 0 atom stereocenters. The molecule has 1 saturated heterocycles. The first-order chi connectivity index (χ1) is 10.4. The topological polar surface area (TPSA) is 36.4 Å². The van der Waals surface area contributed by atoms with Gasteiger partial charge < -0.3 is 4.90 Å². The van der Waals surface area contributed by atoms with E-state index in [1.54, 1.807) is 11.3 Å². The summed E-state index contributed by atoms with van der Waals surface area (Å²) in [5.74, 6) is 0.741. The van der Waals surface area contributed by atoms with E-state index in [0.717, 1.165) is 52.0 Å². The maximum atomic E-state index is 12.2. The monoisotopic (exact) mass is 321 g/mol. The van der Waals surface area contributed by atoms with Crippen molar-refractivity contribution >= 4 is 17.2 Å². The number of nitrogens with zero attached hydrogens (tertiary/aromatic N) is 3. The number of hydrogen-bond acceptors (Lipinski definition) is 4. The highest BCUT2D eigenvalue weighted by Gasteiger charge is 2.33. The van der Waals surface area contributed by atoms with Gasteiger partial charge in [0, 0.05) is 49.4 Å². The number of amides is 1. The minimum Gasteiger partial charge on any atom is -0.341 e. The first-order valence-electron chi connectivity index (χ1n) is 8.39. The van der Waals surface area contributed by atoms with Crippen LogP contribution in [-0.4, -0.2) is 46.9 Å². The van der Waals surface area contributed by atoms with Crippen molar-refractivity contribution in [1.82, 2.24) is 14.8 Å². The molecule has 22 heavy (non-hydrogen) atoms. The Kier molecular flexibility index (Phi) is 4.55. The Labute approximate surface area is 137 Å². The lowest BCUT2D eigenvalue weighted by Gasteiger charge is -2.21. The Bertz CT molecular complexity index is 530. The van der Waals surface area contributed by atoms with Crippen LogP contribution < -0.4 is 0 Å². The van der Waals surface area contributed by atoms with Gasteiger partial charge >= 0.3 is 0 Å². The van der Waals surface area contributed by atoms with Gasteiger partial charge in [-0.25, -0.2) is 4.98 Å². The molecule has 0 bridgehead atoms. The maximum Gasteiger partial charge on any atom is 0.225 e. The van der Waals surface area contributed by atoms with Crippen LogP contribution in [-0.2, 0) is 16.8 Å². The van der Waals surface area contributed by atoms with Crippen LogP contribution >= 0.6 is 11.3 Å². The molecule has 3 rings (SSSR count). The smallest absolute Gasteiger partial charge is 0.225 e. The Morgan fingerprint density at radius 3 is 2.68 bits per heavy atom. The molecule has 5 heteroatoms. The molecule has 122 valence electrons. The van der Waals surface area contributed by atoms with Gasteiger partial charge in [0.25, 0.3) is 0 Å². The van der Waals surface area contributed by atoms with Gasteiger partial charge in [0.15, 0.2) is 0 Å². The summed E-state index contributed by atoms with van der Waals surface area (Å²) in [6.45, 7) is 11.4. The van der Waals surface area contributed by atoms with E-state index in [1.807, 2.05) is 0 Å². The second-order valence-electron chi connectivity index (χ2n) is 7.62. The number of carbonyl (C=O) groups is 1. The summed E-state index contributed by atoms with van der Waals surface area (Å²) < 4.78 is 0.